The van der Waals surface area contributed by atoms with Gasteiger partial charge in [-0.25, -0.2) is 0 Å². The molecule has 0 radical (unpaired) electrons. The zero-order valence-corrected chi connectivity index (χ0v) is 15.0. The number of carbonyl (C=O) groups is 2. The largest absolute Gasteiger partial charge is 0.464 e. The second-order valence-electron chi connectivity index (χ2n) is 6.00. The Morgan fingerprint density at radius 1 is 1.07 bits per heavy atom. The number of aromatic amines is 1. The molecule has 0 fully saturated rings. The van der Waals surface area contributed by atoms with Crippen molar-refractivity contribution in [1.29, 1.82) is 0 Å². The molecule has 0 spiro atoms. The minimum atomic E-state index is -0.506. The Hall–Kier alpha value is -3.31. The van der Waals surface area contributed by atoms with Crippen LogP contribution in [0.1, 0.15) is 23.0 Å². The molecule has 0 unspecified atom stereocenters. The molecule has 27 heavy (non-hydrogen) atoms. The fourth-order valence-electron chi connectivity index (χ4n) is 2.93. The van der Waals surface area contributed by atoms with E-state index in [0.717, 1.165) is 11.3 Å². The molecule has 0 aliphatic carbocycles. The first-order valence-electron chi connectivity index (χ1n) is 8.21. The van der Waals surface area contributed by atoms with E-state index in [4.69, 9.17) is 20.8 Å². The van der Waals surface area contributed by atoms with Gasteiger partial charge in [-0.3, -0.25) is 9.59 Å². The maximum atomic E-state index is 13.0. The lowest BCUT2D eigenvalue weighted by Gasteiger charge is -2.05. The molecule has 4 aromatic rings. The van der Waals surface area contributed by atoms with Crippen molar-refractivity contribution in [1.82, 2.24) is 4.98 Å². The number of esters is 1. The lowest BCUT2D eigenvalue weighted by atomic mass is 10.0. The molecule has 6 heteroatoms. The van der Waals surface area contributed by atoms with Crippen molar-refractivity contribution in [2.75, 3.05) is 0 Å². The third-order valence-corrected chi connectivity index (χ3v) is 4.37. The summed E-state index contributed by atoms with van der Waals surface area (Å²) < 4.78 is 10.7. The van der Waals surface area contributed by atoms with E-state index < -0.39 is 5.97 Å². The van der Waals surface area contributed by atoms with Crippen LogP contribution >= 0.6 is 11.6 Å². The van der Waals surface area contributed by atoms with E-state index in [2.05, 4.69) is 4.98 Å². The number of benzene rings is 2. The number of H-pyrrole nitrogens is 1. The molecule has 134 valence electrons. The minimum Gasteiger partial charge on any atom is -0.464 e. The maximum Gasteiger partial charge on any atom is 0.308 e. The monoisotopic (exact) mass is 379 g/mol. The summed E-state index contributed by atoms with van der Waals surface area (Å²) in [6, 6.07) is 15.7. The predicted molar refractivity (Wildman–Crippen MR) is 102 cm³/mol. The van der Waals surface area contributed by atoms with Gasteiger partial charge < -0.3 is 14.1 Å². The highest BCUT2D eigenvalue weighted by molar-refractivity contribution is 6.31. The van der Waals surface area contributed by atoms with Crippen LogP contribution < -0.4 is 4.74 Å². The fraction of sp³-hybridized carbons (Fsp3) is 0.0476. The molecule has 0 aliphatic heterocycles. The topological polar surface area (TPSA) is 72.3 Å². The fourth-order valence-corrected chi connectivity index (χ4v) is 3.10. The highest BCUT2D eigenvalue weighted by atomic mass is 35.5. The normalized spacial score (nSPS) is 10.9. The molecule has 5 nitrogen and oxygen atoms in total. The molecule has 0 saturated carbocycles. The van der Waals surface area contributed by atoms with Gasteiger partial charge in [0.15, 0.2) is 5.75 Å². The average molecular weight is 380 g/mol. The zero-order valence-electron chi connectivity index (χ0n) is 14.3. The number of halogens is 1. The Labute approximate surface area is 159 Å². The number of aromatic nitrogens is 1. The molecule has 2 aromatic carbocycles. The van der Waals surface area contributed by atoms with Gasteiger partial charge in [-0.2, -0.15) is 0 Å². The predicted octanol–water partition coefficient (Wildman–Crippen LogP) is 5.24. The van der Waals surface area contributed by atoms with Crippen molar-refractivity contribution < 1.29 is 18.7 Å². The Balaban J connectivity index is 1.76. The number of hydrogen-bond donors (Lipinski definition) is 1. The van der Waals surface area contributed by atoms with Crippen LogP contribution in [0.2, 0.25) is 5.02 Å². The number of nitrogens with one attached hydrogen (secondary N) is 1. The Morgan fingerprint density at radius 2 is 1.85 bits per heavy atom. The number of furan rings is 1. The quantitative estimate of drug-likeness (QED) is 0.389. The summed E-state index contributed by atoms with van der Waals surface area (Å²) in [6.07, 6.45) is 1.59. The summed E-state index contributed by atoms with van der Waals surface area (Å²) in [5.74, 6) is 0.127. The first-order valence-corrected chi connectivity index (χ1v) is 8.59. The van der Waals surface area contributed by atoms with Gasteiger partial charge in [0.25, 0.3) is 0 Å². The van der Waals surface area contributed by atoms with Crippen LogP contribution in [0.4, 0.5) is 0 Å². The van der Waals surface area contributed by atoms with E-state index in [0.29, 0.717) is 21.5 Å². The van der Waals surface area contributed by atoms with Crippen LogP contribution in [0, 0.1) is 0 Å². The maximum absolute atomic E-state index is 13.0. The first kappa shape index (κ1) is 17.1. The zero-order chi connectivity index (χ0) is 19.0. The van der Waals surface area contributed by atoms with Crippen molar-refractivity contribution in [3.63, 3.8) is 0 Å². The van der Waals surface area contributed by atoms with Gasteiger partial charge in [0, 0.05) is 28.5 Å². The van der Waals surface area contributed by atoms with Gasteiger partial charge in [-0.05, 0) is 30.3 Å². The summed E-state index contributed by atoms with van der Waals surface area (Å²) in [5.41, 5.74) is 2.14. The third kappa shape index (κ3) is 3.25. The third-order valence-electron chi connectivity index (χ3n) is 4.14. The van der Waals surface area contributed by atoms with Gasteiger partial charge in [0.2, 0.25) is 5.78 Å². The summed E-state index contributed by atoms with van der Waals surface area (Å²) in [5, 5.41) is 1.13. The van der Waals surface area contributed by atoms with Gasteiger partial charge in [-0.1, -0.05) is 35.9 Å². The molecule has 0 atom stereocenters. The van der Waals surface area contributed by atoms with Crippen LogP contribution in [0.5, 0.6) is 5.75 Å². The molecule has 0 saturated heterocycles. The smallest absolute Gasteiger partial charge is 0.308 e. The molecule has 0 aliphatic rings. The van der Waals surface area contributed by atoms with Gasteiger partial charge >= 0.3 is 5.97 Å². The number of ether oxygens (including phenoxy) is 1. The highest BCUT2D eigenvalue weighted by Gasteiger charge is 2.22. The number of hydrogen-bond acceptors (Lipinski definition) is 4. The molecule has 2 aromatic heterocycles. The van der Waals surface area contributed by atoms with Gasteiger partial charge in [0.1, 0.15) is 11.5 Å². The molecular weight excluding hydrogens is 366 g/mol. The minimum absolute atomic E-state index is 0.202. The van der Waals surface area contributed by atoms with Gasteiger partial charge in [-0.15, -0.1) is 0 Å². The molecule has 1 N–H and O–H groups in total. The molecule has 0 amide bonds. The lowest BCUT2D eigenvalue weighted by molar-refractivity contribution is -0.131. The first-order chi connectivity index (χ1) is 13.0. The van der Waals surface area contributed by atoms with E-state index in [-0.39, 0.29) is 17.2 Å². The van der Waals surface area contributed by atoms with Crippen molar-refractivity contribution in [3.05, 3.63) is 77.1 Å². The van der Waals surface area contributed by atoms with Crippen molar-refractivity contribution in [2.45, 2.75) is 6.92 Å². The van der Waals surface area contributed by atoms with Gasteiger partial charge in [0.05, 0.1) is 11.8 Å². The number of rotatable bonds is 4. The summed E-state index contributed by atoms with van der Waals surface area (Å²) in [7, 11) is 0. The Morgan fingerprint density at radius 3 is 2.52 bits per heavy atom. The summed E-state index contributed by atoms with van der Waals surface area (Å²) in [6.45, 7) is 1.29. The van der Waals surface area contributed by atoms with Crippen molar-refractivity contribution in [3.8, 4) is 17.1 Å². The SMILES string of the molecule is CC(=O)Oc1c(C(=O)c2ccc(-c3ccco3)cc2)[nH]c2cc(Cl)ccc12. The number of carbonyl (C=O) groups excluding carboxylic acids is 2. The van der Waals surface area contributed by atoms with E-state index in [1.165, 1.54) is 6.92 Å². The second kappa shape index (κ2) is 6.78. The lowest BCUT2D eigenvalue weighted by Crippen LogP contribution is -2.08. The van der Waals surface area contributed by atoms with E-state index in [9.17, 15) is 9.59 Å². The molecule has 0 bridgehead atoms. The molecule has 2 heterocycles. The summed E-state index contributed by atoms with van der Waals surface area (Å²) >= 11 is 6.03. The highest BCUT2D eigenvalue weighted by Crippen LogP contribution is 2.33. The Kier molecular flexibility index (Phi) is 4.30. The second-order valence-corrected chi connectivity index (χ2v) is 6.43. The van der Waals surface area contributed by atoms with Crippen LogP contribution in [0.25, 0.3) is 22.2 Å². The summed E-state index contributed by atoms with van der Waals surface area (Å²) in [4.78, 5) is 27.6. The number of fused-ring (bicyclic) bond motifs is 1. The average Bonchev–Trinajstić information content (AvgIpc) is 3.29. The molecular formula is C21H14ClNO4. The van der Waals surface area contributed by atoms with E-state index in [1.807, 2.05) is 6.07 Å². The van der Waals surface area contributed by atoms with Crippen LogP contribution in [-0.4, -0.2) is 16.7 Å². The van der Waals surface area contributed by atoms with E-state index >= 15 is 0 Å². The van der Waals surface area contributed by atoms with Crippen LogP contribution in [0.3, 0.4) is 0 Å². The standard InChI is InChI=1S/C21H14ClNO4/c1-12(24)27-21-16-9-8-15(22)11-17(16)23-19(21)20(25)14-6-4-13(5-7-14)18-3-2-10-26-18/h2-11,23H,1H3. The Bertz CT molecular complexity index is 1140. The van der Waals surface area contributed by atoms with Crippen molar-refractivity contribution in [2.24, 2.45) is 0 Å². The van der Waals surface area contributed by atoms with E-state index in [1.54, 1.807) is 54.8 Å². The number of ketones is 1. The van der Waals surface area contributed by atoms with Crippen LogP contribution in [-0.2, 0) is 4.79 Å². The molecule has 4 rings (SSSR count). The van der Waals surface area contributed by atoms with Crippen molar-refractivity contribution >= 4 is 34.3 Å². The van der Waals surface area contributed by atoms with Crippen LogP contribution in [0.15, 0.2) is 65.3 Å².